The van der Waals surface area contributed by atoms with Crippen molar-refractivity contribution >= 4 is 11.6 Å². The number of benzene rings is 1. The van der Waals surface area contributed by atoms with Crippen LogP contribution >= 0.6 is 11.6 Å². The average molecular weight is 313 g/mol. The van der Waals surface area contributed by atoms with E-state index in [2.05, 4.69) is 0 Å². The van der Waals surface area contributed by atoms with E-state index >= 15 is 0 Å². The summed E-state index contributed by atoms with van der Waals surface area (Å²) in [4.78, 5) is 0. The van der Waals surface area contributed by atoms with E-state index in [1.54, 1.807) is 0 Å². The van der Waals surface area contributed by atoms with Crippen molar-refractivity contribution in [2.24, 2.45) is 0 Å². The summed E-state index contributed by atoms with van der Waals surface area (Å²) >= 11 is 6.21. The SMILES string of the molecule is OCCCC(Cc1ccccc1Cl)OC1(O)CCCCC1. The van der Waals surface area contributed by atoms with Crippen molar-refractivity contribution < 1.29 is 14.9 Å². The lowest BCUT2D eigenvalue weighted by Crippen LogP contribution is -2.39. The summed E-state index contributed by atoms with van der Waals surface area (Å²) in [7, 11) is 0. The minimum absolute atomic E-state index is 0.111. The molecule has 1 aliphatic rings. The molecule has 0 aliphatic heterocycles. The van der Waals surface area contributed by atoms with Gasteiger partial charge in [0.15, 0.2) is 5.79 Å². The van der Waals surface area contributed by atoms with E-state index in [1.165, 1.54) is 0 Å². The lowest BCUT2D eigenvalue weighted by molar-refractivity contribution is -0.246. The number of halogens is 1. The molecule has 1 saturated carbocycles. The van der Waals surface area contributed by atoms with Crippen molar-refractivity contribution in [1.82, 2.24) is 0 Å². The van der Waals surface area contributed by atoms with Gasteiger partial charge in [-0.2, -0.15) is 0 Å². The Morgan fingerprint density at radius 1 is 1.19 bits per heavy atom. The van der Waals surface area contributed by atoms with Gasteiger partial charge in [0, 0.05) is 30.9 Å². The monoisotopic (exact) mass is 312 g/mol. The van der Waals surface area contributed by atoms with E-state index in [4.69, 9.17) is 21.4 Å². The van der Waals surface area contributed by atoms with Crippen LogP contribution in [0.3, 0.4) is 0 Å². The van der Waals surface area contributed by atoms with Crippen molar-refractivity contribution in [3.05, 3.63) is 34.9 Å². The van der Waals surface area contributed by atoms with Crippen molar-refractivity contribution in [2.45, 2.75) is 63.3 Å². The van der Waals surface area contributed by atoms with Gasteiger partial charge in [0.2, 0.25) is 0 Å². The first-order valence-corrected chi connectivity index (χ1v) is 8.25. The van der Waals surface area contributed by atoms with Gasteiger partial charge in [-0.1, -0.05) is 36.2 Å². The van der Waals surface area contributed by atoms with Gasteiger partial charge in [0.1, 0.15) is 0 Å². The van der Waals surface area contributed by atoms with E-state index in [9.17, 15) is 5.11 Å². The number of rotatable bonds is 7. The molecule has 1 aliphatic carbocycles. The number of hydrogen-bond acceptors (Lipinski definition) is 3. The first-order chi connectivity index (χ1) is 10.1. The van der Waals surface area contributed by atoms with Crippen molar-refractivity contribution in [3.63, 3.8) is 0 Å². The Kier molecular flexibility index (Phi) is 6.49. The molecule has 2 N–H and O–H groups in total. The predicted octanol–water partition coefficient (Wildman–Crippen LogP) is 3.69. The summed E-state index contributed by atoms with van der Waals surface area (Å²) in [5.41, 5.74) is 1.03. The van der Waals surface area contributed by atoms with Gasteiger partial charge >= 0.3 is 0 Å². The van der Waals surface area contributed by atoms with Crippen LogP contribution in [0, 0.1) is 0 Å². The van der Waals surface area contributed by atoms with Crippen LogP contribution in [0.1, 0.15) is 50.5 Å². The maximum atomic E-state index is 10.6. The highest BCUT2D eigenvalue weighted by Crippen LogP contribution is 2.32. The zero-order valence-corrected chi connectivity index (χ0v) is 13.2. The number of hydrogen-bond donors (Lipinski definition) is 2. The quantitative estimate of drug-likeness (QED) is 0.755. The van der Waals surface area contributed by atoms with Gasteiger partial charge in [-0.15, -0.1) is 0 Å². The van der Waals surface area contributed by atoms with E-state index in [-0.39, 0.29) is 12.7 Å². The molecule has 0 heterocycles. The maximum Gasteiger partial charge on any atom is 0.165 e. The van der Waals surface area contributed by atoms with E-state index < -0.39 is 5.79 Å². The Balaban J connectivity index is 2.01. The smallest absolute Gasteiger partial charge is 0.165 e. The second-order valence-corrected chi connectivity index (χ2v) is 6.32. The molecule has 21 heavy (non-hydrogen) atoms. The standard InChI is InChI=1S/C17H25ClO3/c18-16-9-3-2-7-14(16)13-15(8-6-12-19)21-17(20)10-4-1-5-11-17/h2-3,7,9,15,19-20H,1,4-6,8,10-13H2. The van der Waals surface area contributed by atoms with Crippen LogP contribution in [-0.2, 0) is 11.2 Å². The zero-order valence-electron chi connectivity index (χ0n) is 12.4. The molecule has 0 amide bonds. The molecule has 1 atom stereocenters. The summed E-state index contributed by atoms with van der Waals surface area (Å²) in [6, 6.07) is 7.72. The van der Waals surface area contributed by atoms with Crippen LogP contribution in [0.2, 0.25) is 5.02 Å². The first-order valence-electron chi connectivity index (χ1n) is 7.87. The van der Waals surface area contributed by atoms with Crippen molar-refractivity contribution in [2.75, 3.05) is 6.61 Å². The molecule has 118 valence electrons. The highest BCUT2D eigenvalue weighted by Gasteiger charge is 2.33. The molecule has 1 aromatic rings. The fraction of sp³-hybridized carbons (Fsp3) is 0.647. The fourth-order valence-corrected chi connectivity index (χ4v) is 3.18. The first kappa shape index (κ1) is 16.8. The molecule has 0 spiro atoms. The van der Waals surface area contributed by atoms with Gasteiger partial charge in [-0.05, 0) is 37.3 Å². The Morgan fingerprint density at radius 2 is 1.90 bits per heavy atom. The van der Waals surface area contributed by atoms with E-state index in [1.807, 2.05) is 24.3 Å². The maximum absolute atomic E-state index is 10.6. The molecule has 0 saturated heterocycles. The predicted molar refractivity (Wildman–Crippen MR) is 84.4 cm³/mol. The number of ether oxygens (including phenoxy) is 1. The fourth-order valence-electron chi connectivity index (χ4n) is 2.96. The molecule has 4 heteroatoms. The lowest BCUT2D eigenvalue weighted by Gasteiger charge is -2.35. The summed E-state index contributed by atoms with van der Waals surface area (Å²) < 4.78 is 6.03. The normalized spacial score (nSPS) is 19.4. The van der Waals surface area contributed by atoms with Crippen LogP contribution in [0.4, 0.5) is 0 Å². The van der Waals surface area contributed by atoms with Crippen LogP contribution in [0.5, 0.6) is 0 Å². The second-order valence-electron chi connectivity index (χ2n) is 5.91. The summed E-state index contributed by atoms with van der Waals surface area (Å²) in [6.45, 7) is 0.140. The Hall–Kier alpha value is -0.610. The Labute approximate surface area is 131 Å². The van der Waals surface area contributed by atoms with Crippen molar-refractivity contribution in [3.8, 4) is 0 Å². The third kappa shape index (κ3) is 5.26. The Morgan fingerprint density at radius 3 is 2.57 bits per heavy atom. The molecule has 3 nitrogen and oxygen atoms in total. The van der Waals surface area contributed by atoms with E-state index in [0.717, 1.165) is 36.3 Å². The van der Waals surface area contributed by atoms with Gasteiger partial charge in [-0.3, -0.25) is 0 Å². The zero-order chi connectivity index (χ0) is 15.1. The van der Waals surface area contributed by atoms with Gasteiger partial charge < -0.3 is 14.9 Å². The highest BCUT2D eigenvalue weighted by atomic mass is 35.5. The van der Waals surface area contributed by atoms with Crippen LogP contribution in [0.25, 0.3) is 0 Å². The van der Waals surface area contributed by atoms with Crippen LogP contribution in [-0.4, -0.2) is 28.7 Å². The molecular weight excluding hydrogens is 288 g/mol. The van der Waals surface area contributed by atoms with E-state index in [0.29, 0.717) is 25.7 Å². The summed E-state index contributed by atoms with van der Waals surface area (Å²) in [5.74, 6) is -1.00. The lowest BCUT2D eigenvalue weighted by atomic mass is 9.93. The molecule has 1 aromatic carbocycles. The van der Waals surface area contributed by atoms with Gasteiger partial charge in [-0.25, -0.2) is 0 Å². The molecule has 0 bridgehead atoms. The van der Waals surface area contributed by atoms with Crippen molar-refractivity contribution in [1.29, 1.82) is 0 Å². The number of aliphatic hydroxyl groups is 2. The topological polar surface area (TPSA) is 49.7 Å². The largest absolute Gasteiger partial charge is 0.396 e. The summed E-state index contributed by atoms with van der Waals surface area (Å²) in [5, 5.41) is 20.4. The number of aliphatic hydroxyl groups excluding tert-OH is 1. The van der Waals surface area contributed by atoms with Gasteiger partial charge in [0.05, 0.1) is 6.10 Å². The molecular formula is C17H25ClO3. The highest BCUT2D eigenvalue weighted by molar-refractivity contribution is 6.31. The minimum atomic E-state index is -1.00. The van der Waals surface area contributed by atoms with Crippen LogP contribution < -0.4 is 0 Å². The Bertz CT molecular complexity index is 430. The second kappa shape index (κ2) is 8.14. The molecule has 1 unspecified atom stereocenters. The van der Waals surface area contributed by atoms with Crippen LogP contribution in [0.15, 0.2) is 24.3 Å². The van der Waals surface area contributed by atoms with Gasteiger partial charge in [0.25, 0.3) is 0 Å². The molecule has 1 fully saturated rings. The third-order valence-electron chi connectivity index (χ3n) is 4.11. The molecule has 0 aromatic heterocycles. The average Bonchev–Trinajstić information content (AvgIpc) is 2.47. The summed E-state index contributed by atoms with van der Waals surface area (Å²) in [6.07, 6.45) is 6.54. The third-order valence-corrected chi connectivity index (χ3v) is 4.48. The minimum Gasteiger partial charge on any atom is -0.396 e. The molecule has 2 rings (SSSR count). The molecule has 0 radical (unpaired) electrons.